The molecule has 3 rings (SSSR count). The number of aryl methyl sites for hydroxylation is 1. The Morgan fingerprint density at radius 2 is 2.00 bits per heavy atom. The summed E-state index contributed by atoms with van der Waals surface area (Å²) in [6, 6.07) is 3.15. The van der Waals surface area contributed by atoms with Crippen molar-refractivity contribution in [3.8, 4) is 0 Å². The van der Waals surface area contributed by atoms with Gasteiger partial charge in [0.1, 0.15) is 10.6 Å². The number of halogens is 3. The van der Waals surface area contributed by atoms with E-state index in [-0.39, 0.29) is 11.3 Å². The molecule has 1 fully saturated rings. The number of hydrogen-bond donors (Lipinski definition) is 2. The van der Waals surface area contributed by atoms with Crippen LogP contribution in [0.2, 0.25) is 0 Å². The van der Waals surface area contributed by atoms with E-state index in [1.807, 2.05) is 4.90 Å². The third-order valence-corrected chi connectivity index (χ3v) is 5.53. The van der Waals surface area contributed by atoms with Gasteiger partial charge in [-0.3, -0.25) is 4.79 Å². The van der Waals surface area contributed by atoms with Crippen molar-refractivity contribution in [3.63, 3.8) is 0 Å². The molecule has 0 saturated carbocycles. The Bertz CT molecular complexity index is 958. The van der Waals surface area contributed by atoms with Gasteiger partial charge in [-0.25, -0.2) is 4.79 Å². The molecule has 2 aromatic rings. The van der Waals surface area contributed by atoms with Gasteiger partial charge in [0.15, 0.2) is 6.61 Å². The van der Waals surface area contributed by atoms with E-state index >= 15 is 0 Å². The van der Waals surface area contributed by atoms with Crippen molar-refractivity contribution in [2.24, 2.45) is 0 Å². The predicted molar refractivity (Wildman–Crippen MR) is 110 cm³/mol. The van der Waals surface area contributed by atoms with Gasteiger partial charge in [0.25, 0.3) is 5.91 Å². The molecule has 1 aromatic carbocycles. The van der Waals surface area contributed by atoms with E-state index in [1.54, 1.807) is 14.0 Å². The van der Waals surface area contributed by atoms with Crippen molar-refractivity contribution in [2.45, 2.75) is 13.1 Å². The highest BCUT2D eigenvalue weighted by Gasteiger charge is 2.32. The van der Waals surface area contributed by atoms with Crippen molar-refractivity contribution in [1.29, 1.82) is 0 Å². The van der Waals surface area contributed by atoms with Gasteiger partial charge >= 0.3 is 12.1 Å². The Hall–Kier alpha value is -2.86. The van der Waals surface area contributed by atoms with Gasteiger partial charge in [-0.1, -0.05) is 0 Å². The molecule has 2 heterocycles. The second kappa shape index (κ2) is 9.52. The Balaban J connectivity index is 1.74. The maximum Gasteiger partial charge on any atom is 0.416 e. The number of ether oxygens (including phenoxy) is 2. The first-order valence-electron chi connectivity index (χ1n) is 9.35. The third kappa shape index (κ3) is 5.44. The van der Waals surface area contributed by atoms with Crippen LogP contribution >= 0.6 is 11.5 Å². The summed E-state index contributed by atoms with van der Waals surface area (Å²) in [6.45, 7) is 2.77. The first-order chi connectivity index (χ1) is 14.7. The lowest BCUT2D eigenvalue weighted by atomic mass is 10.1. The van der Waals surface area contributed by atoms with Crippen molar-refractivity contribution in [3.05, 3.63) is 35.0 Å². The SMILES string of the molecule is CNc1snc(C)c1C(=O)OCC(=O)Nc1cc(C(F)(F)F)ccc1N1CCOCC1. The molecule has 1 aromatic heterocycles. The minimum Gasteiger partial charge on any atom is -0.452 e. The zero-order valence-corrected chi connectivity index (χ0v) is 17.7. The molecule has 1 saturated heterocycles. The first-order valence-corrected chi connectivity index (χ1v) is 10.1. The van der Waals surface area contributed by atoms with Gasteiger partial charge < -0.3 is 25.0 Å². The second-order valence-electron chi connectivity index (χ2n) is 6.68. The van der Waals surface area contributed by atoms with Crippen LogP contribution in [0.5, 0.6) is 0 Å². The number of amides is 1. The summed E-state index contributed by atoms with van der Waals surface area (Å²) in [4.78, 5) is 26.5. The summed E-state index contributed by atoms with van der Waals surface area (Å²) in [7, 11) is 1.62. The molecule has 0 spiro atoms. The molecule has 0 bridgehead atoms. The topological polar surface area (TPSA) is 92.8 Å². The van der Waals surface area contributed by atoms with E-state index in [0.29, 0.717) is 42.7 Å². The van der Waals surface area contributed by atoms with Gasteiger partial charge in [-0.2, -0.15) is 17.5 Å². The molecule has 8 nitrogen and oxygen atoms in total. The zero-order valence-electron chi connectivity index (χ0n) is 16.8. The van der Waals surface area contributed by atoms with Crippen LogP contribution in [-0.2, 0) is 20.4 Å². The van der Waals surface area contributed by atoms with Crippen LogP contribution in [0.25, 0.3) is 0 Å². The zero-order chi connectivity index (χ0) is 22.6. The smallest absolute Gasteiger partial charge is 0.416 e. The van der Waals surface area contributed by atoms with Gasteiger partial charge in [0.05, 0.1) is 35.8 Å². The van der Waals surface area contributed by atoms with E-state index in [1.165, 1.54) is 6.07 Å². The molecular formula is C19H21F3N4O4S. The van der Waals surface area contributed by atoms with Crippen LogP contribution in [0.1, 0.15) is 21.6 Å². The summed E-state index contributed by atoms with van der Waals surface area (Å²) in [5.41, 5.74) is 0.199. The van der Waals surface area contributed by atoms with E-state index < -0.39 is 30.2 Å². The van der Waals surface area contributed by atoms with E-state index in [0.717, 1.165) is 23.7 Å². The molecule has 0 radical (unpaired) electrons. The molecule has 1 amide bonds. The number of benzene rings is 1. The van der Waals surface area contributed by atoms with Crippen molar-refractivity contribution in [2.75, 3.05) is 55.5 Å². The molecular weight excluding hydrogens is 437 g/mol. The van der Waals surface area contributed by atoms with Crippen molar-refractivity contribution < 1.29 is 32.2 Å². The molecule has 0 unspecified atom stereocenters. The number of carbonyl (C=O) groups excluding carboxylic acids is 2. The van der Waals surface area contributed by atoms with Crippen LogP contribution in [0, 0.1) is 6.92 Å². The summed E-state index contributed by atoms with van der Waals surface area (Å²) in [5, 5.41) is 5.75. The minimum atomic E-state index is -4.57. The quantitative estimate of drug-likeness (QED) is 0.643. The van der Waals surface area contributed by atoms with Crippen LogP contribution < -0.4 is 15.5 Å². The fourth-order valence-corrected chi connectivity index (χ4v) is 3.80. The van der Waals surface area contributed by atoms with E-state index in [4.69, 9.17) is 9.47 Å². The lowest BCUT2D eigenvalue weighted by Gasteiger charge is -2.31. The van der Waals surface area contributed by atoms with E-state index in [9.17, 15) is 22.8 Å². The molecule has 2 N–H and O–H groups in total. The van der Waals surface area contributed by atoms with Crippen molar-refractivity contribution in [1.82, 2.24) is 4.37 Å². The van der Waals surface area contributed by atoms with E-state index in [2.05, 4.69) is 15.0 Å². The van der Waals surface area contributed by atoms with Crippen LogP contribution in [-0.4, -0.2) is 56.2 Å². The average molecular weight is 458 g/mol. The normalized spacial score (nSPS) is 14.3. The van der Waals surface area contributed by atoms with Gasteiger partial charge in [0, 0.05) is 20.1 Å². The summed E-state index contributed by atoms with van der Waals surface area (Å²) >= 11 is 1.08. The number of morpholine rings is 1. The lowest BCUT2D eigenvalue weighted by molar-refractivity contribution is -0.137. The Morgan fingerprint density at radius 1 is 1.29 bits per heavy atom. The molecule has 31 heavy (non-hydrogen) atoms. The van der Waals surface area contributed by atoms with Gasteiger partial charge in [0.2, 0.25) is 0 Å². The number of nitrogens with zero attached hydrogens (tertiary/aromatic N) is 2. The standard InChI is InChI=1S/C19H21F3N4O4S/c1-11-16(17(23-2)31-25-11)18(28)30-10-15(27)24-13-9-12(19(20,21)22)3-4-14(13)26-5-7-29-8-6-26/h3-4,9,23H,5-8,10H2,1-2H3,(H,24,27). The largest absolute Gasteiger partial charge is 0.452 e. The maximum atomic E-state index is 13.2. The first kappa shape index (κ1) is 22.8. The van der Waals surface area contributed by atoms with Crippen molar-refractivity contribution >= 4 is 39.8 Å². The Labute approximate surface area is 180 Å². The van der Waals surface area contributed by atoms with Crippen LogP contribution in [0.3, 0.4) is 0 Å². The number of carbonyl (C=O) groups is 2. The summed E-state index contributed by atoms with van der Waals surface area (Å²) in [6.07, 6.45) is -4.57. The monoisotopic (exact) mass is 458 g/mol. The third-order valence-electron chi connectivity index (χ3n) is 4.58. The molecule has 1 aliphatic heterocycles. The molecule has 12 heteroatoms. The van der Waals surface area contributed by atoms with Gasteiger partial charge in [-0.15, -0.1) is 0 Å². The molecule has 1 aliphatic rings. The molecule has 0 aliphatic carbocycles. The number of aromatic nitrogens is 1. The number of anilines is 3. The number of esters is 1. The fourth-order valence-electron chi connectivity index (χ4n) is 3.06. The highest BCUT2D eigenvalue weighted by molar-refractivity contribution is 7.10. The second-order valence-corrected chi connectivity index (χ2v) is 7.45. The number of hydrogen-bond acceptors (Lipinski definition) is 8. The predicted octanol–water partition coefficient (Wildman–Crippen LogP) is 3.14. The maximum absolute atomic E-state index is 13.2. The minimum absolute atomic E-state index is 0.0120. The number of alkyl halides is 3. The average Bonchev–Trinajstić information content (AvgIpc) is 3.12. The molecule has 168 valence electrons. The van der Waals surface area contributed by atoms with Gasteiger partial charge in [-0.05, 0) is 36.7 Å². The fraction of sp³-hybridized carbons (Fsp3) is 0.421. The summed E-state index contributed by atoms with van der Waals surface area (Å²) < 4.78 is 53.9. The molecule has 0 atom stereocenters. The lowest BCUT2D eigenvalue weighted by Crippen LogP contribution is -2.37. The summed E-state index contributed by atoms with van der Waals surface area (Å²) in [5.74, 6) is -1.50. The van der Waals surface area contributed by atoms with Crippen LogP contribution in [0.15, 0.2) is 18.2 Å². The highest BCUT2D eigenvalue weighted by Crippen LogP contribution is 2.35. The Morgan fingerprint density at radius 3 is 2.65 bits per heavy atom. The number of nitrogens with one attached hydrogen (secondary N) is 2. The van der Waals surface area contributed by atoms with Crippen LogP contribution in [0.4, 0.5) is 29.5 Å². The highest BCUT2D eigenvalue weighted by atomic mass is 32.1. The number of rotatable bonds is 6. The Kier molecular flexibility index (Phi) is 7.01.